The number of hydrogen-bond donors (Lipinski definition) is 0. The molecule has 1 heterocycles. The fraction of sp³-hybridized carbons (Fsp3) is 0.667. The fourth-order valence-corrected chi connectivity index (χ4v) is 1.89. The second kappa shape index (κ2) is 2.59. The first-order valence-electron chi connectivity index (χ1n) is 4.24. The summed E-state index contributed by atoms with van der Waals surface area (Å²) in [7, 11) is 0. The molecule has 3 atom stereocenters. The van der Waals surface area contributed by atoms with Crippen LogP contribution in [0.5, 0.6) is 0 Å². The average molecular weight is 167 g/mol. The van der Waals surface area contributed by atoms with Gasteiger partial charge in [-0.1, -0.05) is 6.58 Å². The van der Waals surface area contributed by atoms with Gasteiger partial charge in [0.15, 0.2) is 0 Å². The molecule has 3 unspecified atom stereocenters. The molecule has 1 aliphatic carbocycles. The minimum Gasteiger partial charge on any atom is -0.545 e. The van der Waals surface area contributed by atoms with Crippen LogP contribution in [0.2, 0.25) is 0 Å². The third kappa shape index (κ3) is 1.25. The number of carbonyl (C=O) groups excluding carboxylic acids is 1. The highest BCUT2D eigenvalue weighted by Crippen LogP contribution is 2.41. The maximum Gasteiger partial charge on any atom is 0.0847 e. The molecule has 2 rings (SSSR count). The van der Waals surface area contributed by atoms with E-state index in [1.807, 2.05) is 0 Å². The van der Waals surface area contributed by atoms with Gasteiger partial charge in [0.25, 0.3) is 0 Å². The molecule has 2 aliphatic rings. The number of aliphatic carboxylic acids is 1. The highest BCUT2D eigenvalue weighted by molar-refractivity contribution is 5.84. The lowest BCUT2D eigenvalue weighted by atomic mass is 9.84. The first-order chi connectivity index (χ1) is 5.68. The highest BCUT2D eigenvalue weighted by Gasteiger charge is 2.44. The SMILES string of the molecule is C=C(C(=O)[O-])C1CCC2OC2C1. The second-order valence-corrected chi connectivity index (χ2v) is 3.54. The van der Waals surface area contributed by atoms with E-state index in [4.69, 9.17) is 4.74 Å². The Morgan fingerprint density at radius 1 is 1.42 bits per heavy atom. The van der Waals surface area contributed by atoms with Gasteiger partial charge in [-0.3, -0.25) is 0 Å². The monoisotopic (exact) mass is 167 g/mol. The Morgan fingerprint density at radius 3 is 2.75 bits per heavy atom. The Hall–Kier alpha value is -0.830. The summed E-state index contributed by atoms with van der Waals surface area (Å²) in [5, 5.41) is 10.5. The van der Waals surface area contributed by atoms with Crippen LogP contribution < -0.4 is 5.11 Å². The van der Waals surface area contributed by atoms with Crippen LogP contribution >= 0.6 is 0 Å². The van der Waals surface area contributed by atoms with Crippen molar-refractivity contribution in [3.8, 4) is 0 Å². The zero-order valence-corrected chi connectivity index (χ0v) is 6.79. The van der Waals surface area contributed by atoms with Gasteiger partial charge in [-0.2, -0.15) is 0 Å². The largest absolute Gasteiger partial charge is 0.545 e. The van der Waals surface area contributed by atoms with E-state index in [0.29, 0.717) is 12.2 Å². The van der Waals surface area contributed by atoms with E-state index < -0.39 is 5.97 Å². The van der Waals surface area contributed by atoms with Crippen molar-refractivity contribution >= 4 is 5.97 Å². The van der Waals surface area contributed by atoms with Gasteiger partial charge >= 0.3 is 0 Å². The molecule has 3 nitrogen and oxygen atoms in total. The van der Waals surface area contributed by atoms with E-state index in [9.17, 15) is 9.90 Å². The van der Waals surface area contributed by atoms with Crippen molar-refractivity contribution in [1.82, 2.24) is 0 Å². The van der Waals surface area contributed by atoms with Crippen LogP contribution in [0.15, 0.2) is 12.2 Å². The van der Waals surface area contributed by atoms with Crippen LogP contribution in [-0.2, 0) is 9.53 Å². The molecule has 0 N–H and O–H groups in total. The lowest BCUT2D eigenvalue weighted by Crippen LogP contribution is -2.29. The number of carboxylic acids is 1. The molecule has 0 spiro atoms. The predicted molar refractivity (Wildman–Crippen MR) is 40.1 cm³/mol. The summed E-state index contributed by atoms with van der Waals surface area (Å²) in [5.74, 6) is -1.03. The van der Waals surface area contributed by atoms with Crippen LogP contribution in [0.25, 0.3) is 0 Å². The van der Waals surface area contributed by atoms with Crippen molar-refractivity contribution in [1.29, 1.82) is 0 Å². The summed E-state index contributed by atoms with van der Waals surface area (Å²) in [6.45, 7) is 3.51. The molecule has 1 saturated carbocycles. The first kappa shape index (κ1) is 7.80. The molecule has 2 fully saturated rings. The predicted octanol–water partition coefficient (Wildman–Crippen LogP) is -0.140. The first-order valence-corrected chi connectivity index (χ1v) is 4.24. The summed E-state index contributed by atoms with van der Waals surface area (Å²) in [5.41, 5.74) is 0.240. The third-order valence-electron chi connectivity index (χ3n) is 2.76. The number of ether oxygens (including phenoxy) is 1. The number of hydrogen-bond acceptors (Lipinski definition) is 3. The van der Waals surface area contributed by atoms with Gasteiger partial charge in [0.1, 0.15) is 0 Å². The van der Waals surface area contributed by atoms with Gasteiger partial charge in [0, 0.05) is 0 Å². The van der Waals surface area contributed by atoms with Gasteiger partial charge < -0.3 is 14.6 Å². The van der Waals surface area contributed by atoms with Gasteiger partial charge in [-0.05, 0) is 30.8 Å². The number of carbonyl (C=O) groups is 1. The van der Waals surface area contributed by atoms with E-state index >= 15 is 0 Å². The zero-order chi connectivity index (χ0) is 8.72. The number of epoxide rings is 1. The average Bonchev–Trinajstić information content (AvgIpc) is 2.79. The Morgan fingerprint density at radius 2 is 2.17 bits per heavy atom. The summed E-state index contributed by atoms with van der Waals surface area (Å²) >= 11 is 0. The fourth-order valence-electron chi connectivity index (χ4n) is 1.89. The number of carboxylic acid groups (broad SMARTS) is 1. The van der Waals surface area contributed by atoms with Gasteiger partial charge in [0.2, 0.25) is 0 Å². The minimum absolute atomic E-state index is 0.0822. The second-order valence-electron chi connectivity index (χ2n) is 3.54. The Kier molecular flexibility index (Phi) is 1.68. The van der Waals surface area contributed by atoms with Crippen LogP contribution in [0.4, 0.5) is 0 Å². The molecule has 3 heteroatoms. The quantitative estimate of drug-likeness (QED) is 0.425. The van der Waals surface area contributed by atoms with Crippen LogP contribution in [0.1, 0.15) is 19.3 Å². The number of fused-ring (bicyclic) bond motifs is 1. The molecule has 66 valence electrons. The molecule has 0 aromatic carbocycles. The molecule has 1 aliphatic heterocycles. The summed E-state index contributed by atoms with van der Waals surface area (Å²) < 4.78 is 5.28. The Balaban J connectivity index is 1.95. The maximum absolute atomic E-state index is 10.5. The smallest absolute Gasteiger partial charge is 0.0847 e. The molecule has 0 bridgehead atoms. The summed E-state index contributed by atoms with van der Waals surface area (Å²) in [6, 6.07) is 0. The summed E-state index contributed by atoms with van der Waals surface area (Å²) in [6.07, 6.45) is 3.39. The molecule has 0 aromatic heterocycles. The standard InChI is InChI=1S/C9H12O3/c1-5(9(10)11)6-2-3-7-8(4-6)12-7/h6-8H,1-4H2,(H,10,11)/p-1. The minimum atomic E-state index is -1.11. The topological polar surface area (TPSA) is 52.7 Å². The molecule has 0 radical (unpaired) electrons. The van der Waals surface area contributed by atoms with Crippen LogP contribution in [0, 0.1) is 5.92 Å². The molecule has 0 amide bonds. The zero-order valence-electron chi connectivity index (χ0n) is 6.79. The van der Waals surface area contributed by atoms with Crippen LogP contribution in [0.3, 0.4) is 0 Å². The van der Waals surface area contributed by atoms with Gasteiger partial charge in [-0.25, -0.2) is 0 Å². The number of rotatable bonds is 2. The van der Waals surface area contributed by atoms with Crippen molar-refractivity contribution in [2.75, 3.05) is 0 Å². The lowest BCUT2D eigenvalue weighted by Gasteiger charge is -2.21. The molecular formula is C9H11O3-. The van der Waals surface area contributed by atoms with Crippen molar-refractivity contribution in [3.05, 3.63) is 12.2 Å². The van der Waals surface area contributed by atoms with E-state index in [0.717, 1.165) is 19.3 Å². The molecule has 1 saturated heterocycles. The molecule has 12 heavy (non-hydrogen) atoms. The van der Waals surface area contributed by atoms with Crippen molar-refractivity contribution in [3.63, 3.8) is 0 Å². The van der Waals surface area contributed by atoms with E-state index in [2.05, 4.69) is 6.58 Å². The van der Waals surface area contributed by atoms with Gasteiger partial charge in [0.05, 0.1) is 18.2 Å². The van der Waals surface area contributed by atoms with Gasteiger partial charge in [-0.15, -0.1) is 0 Å². The van der Waals surface area contributed by atoms with Crippen LogP contribution in [-0.4, -0.2) is 18.2 Å². The Labute approximate surface area is 71.0 Å². The van der Waals surface area contributed by atoms with Crippen molar-refractivity contribution in [2.45, 2.75) is 31.5 Å². The van der Waals surface area contributed by atoms with E-state index in [1.54, 1.807) is 0 Å². The highest BCUT2D eigenvalue weighted by atomic mass is 16.6. The van der Waals surface area contributed by atoms with Crippen molar-refractivity contribution < 1.29 is 14.6 Å². The van der Waals surface area contributed by atoms with Crippen molar-refractivity contribution in [2.24, 2.45) is 5.92 Å². The third-order valence-corrected chi connectivity index (χ3v) is 2.76. The molecular weight excluding hydrogens is 156 g/mol. The van der Waals surface area contributed by atoms with E-state index in [-0.39, 0.29) is 11.5 Å². The molecule has 0 aromatic rings. The maximum atomic E-state index is 10.5. The normalized spacial score (nSPS) is 38.5. The summed E-state index contributed by atoms with van der Waals surface area (Å²) in [4.78, 5) is 10.5. The Bertz CT molecular complexity index is 234. The lowest BCUT2D eigenvalue weighted by molar-refractivity contribution is -0.300. The van der Waals surface area contributed by atoms with E-state index in [1.165, 1.54) is 0 Å².